The van der Waals surface area contributed by atoms with E-state index < -0.39 is 0 Å². The second-order valence-electron chi connectivity index (χ2n) is 7.52. The summed E-state index contributed by atoms with van der Waals surface area (Å²) in [6.07, 6.45) is 3.42. The first-order valence-electron chi connectivity index (χ1n) is 10.1. The molecule has 0 N–H and O–H groups in total. The predicted octanol–water partition coefficient (Wildman–Crippen LogP) is 3.05. The second-order valence-corrected chi connectivity index (χ2v) is 7.52. The van der Waals surface area contributed by atoms with Crippen molar-refractivity contribution >= 4 is 22.5 Å². The Hall–Kier alpha value is -3.85. The molecular weight excluding hydrogens is 394 g/mol. The van der Waals surface area contributed by atoms with Gasteiger partial charge in [0.1, 0.15) is 12.1 Å². The molecule has 1 saturated heterocycles. The van der Waals surface area contributed by atoms with Crippen molar-refractivity contribution in [2.45, 2.75) is 6.54 Å². The lowest BCUT2D eigenvalue weighted by Gasteiger charge is -2.35. The Kier molecular flexibility index (Phi) is 5.01. The first kappa shape index (κ1) is 19.1. The van der Waals surface area contributed by atoms with E-state index >= 15 is 0 Å². The van der Waals surface area contributed by atoms with Crippen molar-refractivity contribution in [3.63, 3.8) is 0 Å². The Morgan fingerprint density at radius 3 is 2.55 bits per heavy atom. The Balaban J connectivity index is 1.31. The lowest BCUT2D eigenvalue weighted by atomic mass is 10.1. The van der Waals surface area contributed by atoms with E-state index in [-0.39, 0.29) is 10.6 Å². The Labute approximate surface area is 178 Å². The topological polar surface area (TPSA) is 93.2 Å². The van der Waals surface area contributed by atoms with Crippen LogP contribution in [0.3, 0.4) is 0 Å². The fourth-order valence-electron chi connectivity index (χ4n) is 3.99. The van der Waals surface area contributed by atoms with Crippen LogP contribution in [0, 0.1) is 10.1 Å². The normalized spacial score (nSPS) is 14.8. The van der Waals surface area contributed by atoms with Gasteiger partial charge in [0.2, 0.25) is 0 Å². The molecule has 1 aliphatic rings. The van der Waals surface area contributed by atoms with Crippen molar-refractivity contribution in [2.75, 3.05) is 31.1 Å². The summed E-state index contributed by atoms with van der Waals surface area (Å²) in [4.78, 5) is 24.2. The van der Waals surface area contributed by atoms with Crippen LogP contribution in [0.5, 0.6) is 0 Å². The molecule has 1 fully saturated rings. The minimum absolute atomic E-state index is 0.134. The van der Waals surface area contributed by atoms with Crippen molar-refractivity contribution in [1.82, 2.24) is 24.6 Å². The Bertz CT molecular complexity index is 1220. The number of benzene rings is 2. The van der Waals surface area contributed by atoms with Crippen LogP contribution in [-0.2, 0) is 6.54 Å². The van der Waals surface area contributed by atoms with Gasteiger partial charge >= 0.3 is 0 Å². The number of nitro benzene ring substituents is 1. The standard InChI is InChI=1S/C22H21N7O2/c30-29(31)19-8-4-5-17(13-19)15-26-9-11-27(12-10-26)21-20-14-25-28(22(20)24-16-23-21)18-6-2-1-3-7-18/h1-8,13-14,16H,9-12,15H2. The number of fused-ring (bicyclic) bond motifs is 1. The van der Waals surface area contributed by atoms with Gasteiger partial charge in [0.05, 0.1) is 22.2 Å². The second kappa shape index (κ2) is 8.11. The molecule has 9 heteroatoms. The molecule has 31 heavy (non-hydrogen) atoms. The average Bonchev–Trinajstić information content (AvgIpc) is 3.25. The van der Waals surface area contributed by atoms with Crippen LogP contribution in [0.2, 0.25) is 0 Å². The third-order valence-electron chi connectivity index (χ3n) is 5.54. The Morgan fingerprint density at radius 2 is 1.77 bits per heavy atom. The van der Waals surface area contributed by atoms with E-state index in [1.807, 2.05) is 47.3 Å². The summed E-state index contributed by atoms with van der Waals surface area (Å²) >= 11 is 0. The molecule has 0 radical (unpaired) electrons. The summed E-state index contributed by atoms with van der Waals surface area (Å²) in [5.74, 6) is 0.891. The smallest absolute Gasteiger partial charge is 0.269 e. The molecule has 1 aliphatic heterocycles. The summed E-state index contributed by atoms with van der Waals surface area (Å²) in [5.41, 5.74) is 2.84. The highest BCUT2D eigenvalue weighted by atomic mass is 16.6. The van der Waals surface area contributed by atoms with E-state index in [0.29, 0.717) is 6.54 Å². The van der Waals surface area contributed by atoms with E-state index in [2.05, 4.69) is 24.9 Å². The van der Waals surface area contributed by atoms with Crippen LogP contribution in [-0.4, -0.2) is 55.8 Å². The van der Waals surface area contributed by atoms with E-state index in [1.165, 1.54) is 6.07 Å². The highest BCUT2D eigenvalue weighted by molar-refractivity contribution is 5.87. The van der Waals surface area contributed by atoms with Gasteiger partial charge in [-0.2, -0.15) is 5.10 Å². The van der Waals surface area contributed by atoms with Crippen molar-refractivity contribution in [3.8, 4) is 5.69 Å². The largest absolute Gasteiger partial charge is 0.353 e. The molecule has 0 atom stereocenters. The SMILES string of the molecule is O=[N+]([O-])c1cccc(CN2CCN(c3ncnc4c3cnn4-c3ccccc3)CC2)c1. The van der Waals surface area contributed by atoms with Crippen LogP contribution < -0.4 is 4.90 Å². The molecule has 0 amide bonds. The molecule has 4 aromatic rings. The van der Waals surface area contributed by atoms with Crippen LogP contribution in [0.25, 0.3) is 16.7 Å². The number of hydrogen-bond acceptors (Lipinski definition) is 7. The number of nitro groups is 1. The molecular formula is C22H21N7O2. The predicted molar refractivity (Wildman–Crippen MR) is 117 cm³/mol. The van der Waals surface area contributed by atoms with Gasteiger partial charge < -0.3 is 4.90 Å². The molecule has 156 valence electrons. The average molecular weight is 415 g/mol. The maximum absolute atomic E-state index is 11.0. The zero-order valence-electron chi connectivity index (χ0n) is 16.8. The van der Waals surface area contributed by atoms with Gasteiger partial charge in [-0.05, 0) is 17.7 Å². The fourth-order valence-corrected chi connectivity index (χ4v) is 3.99. The van der Waals surface area contributed by atoms with Crippen molar-refractivity contribution in [2.24, 2.45) is 0 Å². The maximum atomic E-state index is 11.0. The first-order chi connectivity index (χ1) is 15.2. The number of hydrogen-bond donors (Lipinski definition) is 0. The van der Waals surface area contributed by atoms with Crippen molar-refractivity contribution in [3.05, 3.63) is 82.8 Å². The number of nitrogens with zero attached hydrogens (tertiary/aromatic N) is 7. The zero-order valence-corrected chi connectivity index (χ0v) is 16.8. The molecule has 0 aliphatic carbocycles. The van der Waals surface area contributed by atoms with Crippen molar-refractivity contribution in [1.29, 1.82) is 0 Å². The summed E-state index contributed by atoms with van der Waals surface area (Å²) in [7, 11) is 0. The first-order valence-corrected chi connectivity index (χ1v) is 10.1. The number of rotatable bonds is 5. The van der Waals surface area contributed by atoms with Crippen LogP contribution in [0.15, 0.2) is 67.1 Å². The summed E-state index contributed by atoms with van der Waals surface area (Å²) in [5, 5.41) is 16.5. The lowest BCUT2D eigenvalue weighted by Crippen LogP contribution is -2.46. The Morgan fingerprint density at radius 1 is 0.968 bits per heavy atom. The number of aromatic nitrogens is 4. The summed E-state index contributed by atoms with van der Waals surface area (Å²) < 4.78 is 1.83. The molecule has 2 aromatic carbocycles. The van der Waals surface area contributed by atoms with Crippen LogP contribution in [0.4, 0.5) is 11.5 Å². The molecule has 5 rings (SSSR count). The number of non-ortho nitro benzene ring substituents is 1. The van der Waals surface area contributed by atoms with E-state index in [1.54, 1.807) is 18.5 Å². The minimum atomic E-state index is -0.350. The van der Waals surface area contributed by atoms with Gasteiger partial charge in [-0.25, -0.2) is 14.6 Å². The monoisotopic (exact) mass is 415 g/mol. The van der Waals surface area contributed by atoms with Crippen molar-refractivity contribution < 1.29 is 4.92 Å². The molecule has 9 nitrogen and oxygen atoms in total. The highest BCUT2D eigenvalue weighted by Gasteiger charge is 2.22. The molecule has 0 unspecified atom stereocenters. The lowest BCUT2D eigenvalue weighted by molar-refractivity contribution is -0.384. The molecule has 3 heterocycles. The molecule has 0 saturated carbocycles. The molecule has 0 spiro atoms. The van der Waals surface area contributed by atoms with Gasteiger partial charge in [0, 0.05) is 44.9 Å². The minimum Gasteiger partial charge on any atom is -0.353 e. The fraction of sp³-hybridized carbons (Fsp3) is 0.227. The van der Waals surface area contributed by atoms with E-state index in [0.717, 1.165) is 54.3 Å². The van der Waals surface area contributed by atoms with Gasteiger partial charge in [0.25, 0.3) is 5.69 Å². The van der Waals surface area contributed by atoms with Gasteiger partial charge in [-0.15, -0.1) is 0 Å². The number of anilines is 1. The molecule has 0 bridgehead atoms. The summed E-state index contributed by atoms with van der Waals surface area (Å²) in [6, 6.07) is 16.8. The van der Waals surface area contributed by atoms with Gasteiger partial charge in [-0.3, -0.25) is 15.0 Å². The zero-order chi connectivity index (χ0) is 21.2. The third-order valence-corrected chi connectivity index (χ3v) is 5.54. The quantitative estimate of drug-likeness (QED) is 0.365. The number of piperazine rings is 1. The van der Waals surface area contributed by atoms with Gasteiger partial charge in [0.15, 0.2) is 5.65 Å². The van der Waals surface area contributed by atoms with E-state index in [9.17, 15) is 10.1 Å². The summed E-state index contributed by atoms with van der Waals surface area (Å²) in [6.45, 7) is 4.03. The number of para-hydroxylation sites is 1. The van der Waals surface area contributed by atoms with Crippen LogP contribution >= 0.6 is 0 Å². The maximum Gasteiger partial charge on any atom is 0.269 e. The molecule has 2 aromatic heterocycles. The third kappa shape index (κ3) is 3.82. The highest BCUT2D eigenvalue weighted by Crippen LogP contribution is 2.26. The van der Waals surface area contributed by atoms with E-state index in [4.69, 9.17) is 0 Å². The van der Waals surface area contributed by atoms with Crippen LogP contribution in [0.1, 0.15) is 5.56 Å². The van der Waals surface area contributed by atoms with Gasteiger partial charge in [-0.1, -0.05) is 30.3 Å².